The highest BCUT2D eigenvalue weighted by Gasteiger charge is 2.04. The van der Waals surface area contributed by atoms with E-state index in [-0.39, 0.29) is 12.5 Å². The number of amides is 1. The average molecular weight is 363 g/mol. The molecule has 22 heavy (non-hydrogen) atoms. The second-order valence-electron chi connectivity index (χ2n) is 4.96. The smallest absolute Gasteiger partial charge is 0.238 e. The second kappa shape index (κ2) is 7.96. The first-order chi connectivity index (χ1) is 10.6. The molecular formula is C17H19BrN2O2. The molecular weight excluding hydrogens is 344 g/mol. The van der Waals surface area contributed by atoms with Crippen LogP contribution in [0.2, 0.25) is 0 Å². The zero-order valence-corrected chi connectivity index (χ0v) is 14.2. The molecule has 0 fully saturated rings. The van der Waals surface area contributed by atoms with Gasteiger partial charge < -0.3 is 15.4 Å². The third kappa shape index (κ3) is 4.86. The van der Waals surface area contributed by atoms with E-state index in [1.165, 1.54) is 0 Å². The van der Waals surface area contributed by atoms with Crippen molar-refractivity contribution in [3.05, 3.63) is 58.1 Å². The number of halogens is 1. The van der Waals surface area contributed by atoms with Gasteiger partial charge in [0.15, 0.2) is 0 Å². The molecule has 0 saturated carbocycles. The second-order valence-corrected chi connectivity index (χ2v) is 5.82. The lowest BCUT2D eigenvalue weighted by Crippen LogP contribution is -2.27. The van der Waals surface area contributed by atoms with Crippen molar-refractivity contribution in [2.24, 2.45) is 0 Å². The van der Waals surface area contributed by atoms with E-state index >= 15 is 0 Å². The van der Waals surface area contributed by atoms with E-state index in [9.17, 15) is 4.79 Å². The van der Waals surface area contributed by atoms with E-state index in [0.29, 0.717) is 6.54 Å². The van der Waals surface area contributed by atoms with Gasteiger partial charge in [0.05, 0.1) is 13.7 Å². The van der Waals surface area contributed by atoms with Crippen LogP contribution in [0.5, 0.6) is 5.75 Å². The maximum Gasteiger partial charge on any atom is 0.238 e. The number of hydrogen-bond acceptors (Lipinski definition) is 3. The summed E-state index contributed by atoms with van der Waals surface area (Å²) in [5.41, 5.74) is 3.02. The van der Waals surface area contributed by atoms with Crippen molar-refractivity contribution in [3.63, 3.8) is 0 Å². The van der Waals surface area contributed by atoms with Crippen molar-refractivity contribution >= 4 is 27.5 Å². The molecule has 0 aliphatic rings. The first kappa shape index (κ1) is 16.5. The maximum atomic E-state index is 11.9. The molecule has 0 aromatic heterocycles. The summed E-state index contributed by atoms with van der Waals surface area (Å²) in [7, 11) is 1.64. The first-order valence-electron chi connectivity index (χ1n) is 6.98. The van der Waals surface area contributed by atoms with Gasteiger partial charge in [0.1, 0.15) is 5.75 Å². The molecule has 0 aliphatic carbocycles. The SMILES string of the molecule is COc1ccc(CNCC(=O)Nc2ccc(C)c(Br)c2)cc1. The molecule has 5 heteroatoms. The molecule has 2 rings (SSSR count). The molecule has 1 amide bonds. The van der Waals surface area contributed by atoms with Crippen molar-refractivity contribution in [2.75, 3.05) is 19.0 Å². The third-order valence-electron chi connectivity index (χ3n) is 3.23. The Hall–Kier alpha value is -1.85. The normalized spacial score (nSPS) is 10.3. The Morgan fingerprint density at radius 2 is 1.91 bits per heavy atom. The number of methoxy groups -OCH3 is 1. The number of ether oxygens (including phenoxy) is 1. The summed E-state index contributed by atoms with van der Waals surface area (Å²) in [5, 5.41) is 5.98. The Morgan fingerprint density at radius 1 is 1.18 bits per heavy atom. The number of benzene rings is 2. The largest absolute Gasteiger partial charge is 0.497 e. The topological polar surface area (TPSA) is 50.4 Å². The van der Waals surface area contributed by atoms with E-state index in [1.54, 1.807) is 7.11 Å². The van der Waals surface area contributed by atoms with Crippen molar-refractivity contribution < 1.29 is 9.53 Å². The van der Waals surface area contributed by atoms with Crippen LogP contribution in [0.4, 0.5) is 5.69 Å². The minimum absolute atomic E-state index is 0.0655. The van der Waals surface area contributed by atoms with Crippen LogP contribution >= 0.6 is 15.9 Å². The van der Waals surface area contributed by atoms with Crippen LogP contribution in [0, 0.1) is 6.92 Å². The number of carbonyl (C=O) groups excluding carboxylic acids is 1. The van der Waals surface area contributed by atoms with E-state index in [0.717, 1.165) is 27.0 Å². The average Bonchev–Trinajstić information content (AvgIpc) is 2.51. The van der Waals surface area contributed by atoms with Crippen molar-refractivity contribution in [3.8, 4) is 5.75 Å². The quantitative estimate of drug-likeness (QED) is 0.826. The number of hydrogen-bond donors (Lipinski definition) is 2. The fourth-order valence-corrected chi connectivity index (χ4v) is 2.32. The summed E-state index contributed by atoms with van der Waals surface area (Å²) in [5.74, 6) is 0.760. The molecule has 0 saturated heterocycles. The highest BCUT2D eigenvalue weighted by molar-refractivity contribution is 9.10. The lowest BCUT2D eigenvalue weighted by Gasteiger charge is -2.08. The van der Waals surface area contributed by atoms with Gasteiger partial charge in [-0.3, -0.25) is 4.79 Å². The molecule has 0 spiro atoms. The fraction of sp³-hybridized carbons (Fsp3) is 0.235. The van der Waals surface area contributed by atoms with Gasteiger partial charge in [-0.25, -0.2) is 0 Å². The minimum Gasteiger partial charge on any atom is -0.497 e. The Balaban J connectivity index is 1.78. The number of carbonyl (C=O) groups is 1. The Labute approximate surface area is 139 Å². The van der Waals surface area contributed by atoms with Gasteiger partial charge in [0.25, 0.3) is 0 Å². The monoisotopic (exact) mass is 362 g/mol. The van der Waals surface area contributed by atoms with Gasteiger partial charge in [0, 0.05) is 16.7 Å². The van der Waals surface area contributed by atoms with Crippen molar-refractivity contribution in [1.82, 2.24) is 5.32 Å². The van der Waals surface area contributed by atoms with Gasteiger partial charge in [-0.2, -0.15) is 0 Å². The predicted molar refractivity (Wildman–Crippen MR) is 92.2 cm³/mol. The standard InChI is InChI=1S/C17H19BrN2O2/c1-12-3-6-14(9-16(12)18)20-17(21)11-19-10-13-4-7-15(22-2)8-5-13/h3-9,19H,10-11H2,1-2H3,(H,20,21). The molecule has 0 aliphatic heterocycles. The van der Waals surface area contributed by atoms with Gasteiger partial charge in [-0.05, 0) is 42.3 Å². The summed E-state index contributed by atoms with van der Waals surface area (Å²) in [6, 6.07) is 13.5. The third-order valence-corrected chi connectivity index (χ3v) is 4.08. The van der Waals surface area contributed by atoms with E-state index in [4.69, 9.17) is 4.74 Å². The van der Waals surface area contributed by atoms with Crippen LogP contribution in [0.15, 0.2) is 46.9 Å². The van der Waals surface area contributed by atoms with E-state index < -0.39 is 0 Å². The minimum atomic E-state index is -0.0655. The number of aryl methyl sites for hydroxylation is 1. The Kier molecular flexibility index (Phi) is 5.98. The van der Waals surface area contributed by atoms with Crippen LogP contribution in [-0.4, -0.2) is 19.6 Å². The predicted octanol–water partition coefficient (Wildman–Crippen LogP) is 3.49. The number of nitrogens with one attached hydrogen (secondary N) is 2. The molecule has 4 nitrogen and oxygen atoms in total. The molecule has 2 aromatic rings. The fourth-order valence-electron chi connectivity index (χ4n) is 1.94. The highest BCUT2D eigenvalue weighted by atomic mass is 79.9. The van der Waals surface area contributed by atoms with Crippen LogP contribution in [0.25, 0.3) is 0 Å². The lowest BCUT2D eigenvalue weighted by molar-refractivity contribution is -0.115. The first-order valence-corrected chi connectivity index (χ1v) is 7.77. The molecule has 0 radical (unpaired) electrons. The molecule has 2 N–H and O–H groups in total. The van der Waals surface area contributed by atoms with Gasteiger partial charge in [-0.1, -0.05) is 34.1 Å². The van der Waals surface area contributed by atoms with Crippen molar-refractivity contribution in [1.29, 1.82) is 0 Å². The van der Waals surface area contributed by atoms with Crippen LogP contribution in [0.1, 0.15) is 11.1 Å². The van der Waals surface area contributed by atoms with Gasteiger partial charge in [-0.15, -0.1) is 0 Å². The highest BCUT2D eigenvalue weighted by Crippen LogP contribution is 2.20. The molecule has 0 bridgehead atoms. The Morgan fingerprint density at radius 3 is 2.55 bits per heavy atom. The zero-order chi connectivity index (χ0) is 15.9. The summed E-state index contributed by atoms with van der Waals surface area (Å²) >= 11 is 3.45. The molecule has 0 unspecified atom stereocenters. The Bertz CT molecular complexity index is 642. The number of anilines is 1. The molecule has 0 atom stereocenters. The van der Waals surface area contributed by atoms with E-state index in [2.05, 4.69) is 26.6 Å². The number of rotatable bonds is 6. The van der Waals surface area contributed by atoms with Crippen LogP contribution < -0.4 is 15.4 Å². The summed E-state index contributed by atoms with van der Waals surface area (Å²) in [4.78, 5) is 11.9. The van der Waals surface area contributed by atoms with Crippen LogP contribution in [-0.2, 0) is 11.3 Å². The van der Waals surface area contributed by atoms with Crippen molar-refractivity contribution in [2.45, 2.75) is 13.5 Å². The zero-order valence-electron chi connectivity index (χ0n) is 12.7. The maximum absolute atomic E-state index is 11.9. The van der Waals surface area contributed by atoms with Crippen LogP contribution in [0.3, 0.4) is 0 Å². The molecule has 0 heterocycles. The van der Waals surface area contributed by atoms with E-state index in [1.807, 2.05) is 49.4 Å². The summed E-state index contributed by atoms with van der Waals surface area (Å²) in [6.07, 6.45) is 0. The van der Waals surface area contributed by atoms with Gasteiger partial charge in [0.2, 0.25) is 5.91 Å². The summed E-state index contributed by atoms with van der Waals surface area (Å²) < 4.78 is 6.09. The molecule has 116 valence electrons. The molecule has 2 aromatic carbocycles. The van der Waals surface area contributed by atoms with Gasteiger partial charge >= 0.3 is 0 Å². The lowest BCUT2D eigenvalue weighted by atomic mass is 10.2. The summed E-state index contributed by atoms with van der Waals surface area (Å²) in [6.45, 7) is 2.90.